The van der Waals surface area contributed by atoms with Crippen molar-refractivity contribution in [3.05, 3.63) is 49.1 Å². The van der Waals surface area contributed by atoms with Gasteiger partial charge in [-0.15, -0.1) is 0 Å². The Bertz CT molecular complexity index is 1360. The molecule has 0 amide bonds. The van der Waals surface area contributed by atoms with Crippen molar-refractivity contribution in [3.8, 4) is 5.75 Å². The average molecular weight is 568 g/mol. The molecule has 0 spiro atoms. The third-order valence-electron chi connectivity index (χ3n) is 4.15. The van der Waals surface area contributed by atoms with Crippen LogP contribution in [0.2, 0.25) is 0 Å². The van der Waals surface area contributed by atoms with Gasteiger partial charge in [0.2, 0.25) is 0 Å². The SMILES string of the molecule is C=CC(=O)OC(C)Sc1ccc(OS(=O)(=O)C(F)(F)C(F)(F)C(F)(F)S(=O)(=O)O)c2ccccc12. The first-order chi connectivity index (χ1) is 15.8. The van der Waals surface area contributed by atoms with Gasteiger partial charge in [0.15, 0.2) is 5.75 Å². The number of carbonyl (C=O) groups excluding carboxylic acids is 1. The molecule has 0 saturated carbocycles. The minimum Gasteiger partial charge on any atom is -0.448 e. The summed E-state index contributed by atoms with van der Waals surface area (Å²) in [6, 6.07) is 6.96. The molecule has 35 heavy (non-hydrogen) atoms. The molecule has 2 aromatic rings. The summed E-state index contributed by atoms with van der Waals surface area (Å²) in [5.74, 6) is -8.90. The molecule has 8 nitrogen and oxygen atoms in total. The van der Waals surface area contributed by atoms with Crippen molar-refractivity contribution in [1.82, 2.24) is 0 Å². The van der Waals surface area contributed by atoms with E-state index in [0.29, 0.717) is 0 Å². The summed E-state index contributed by atoms with van der Waals surface area (Å²) in [6.45, 7) is 4.67. The molecule has 2 aromatic carbocycles. The third-order valence-corrected chi connectivity index (χ3v) is 7.38. The van der Waals surface area contributed by atoms with Crippen LogP contribution in [0.3, 0.4) is 0 Å². The quantitative estimate of drug-likeness (QED) is 0.0844. The molecule has 1 atom stereocenters. The van der Waals surface area contributed by atoms with E-state index >= 15 is 0 Å². The minimum absolute atomic E-state index is 0.102. The molecule has 0 bridgehead atoms. The number of hydrogen-bond acceptors (Lipinski definition) is 8. The maximum Gasteiger partial charge on any atom is 0.450 e. The van der Waals surface area contributed by atoms with Crippen LogP contribution in [0, 0.1) is 0 Å². The van der Waals surface area contributed by atoms with E-state index < -0.39 is 53.8 Å². The largest absolute Gasteiger partial charge is 0.450 e. The maximum atomic E-state index is 14.1. The highest BCUT2D eigenvalue weighted by Gasteiger charge is 2.83. The molecule has 194 valence electrons. The molecule has 0 heterocycles. The average Bonchev–Trinajstić information content (AvgIpc) is 2.74. The minimum atomic E-state index is -7.17. The van der Waals surface area contributed by atoms with E-state index in [1.807, 2.05) is 0 Å². The van der Waals surface area contributed by atoms with Gasteiger partial charge in [0.05, 0.1) is 0 Å². The fraction of sp³-hybridized carbons (Fsp3) is 0.278. The van der Waals surface area contributed by atoms with E-state index in [1.165, 1.54) is 25.1 Å². The van der Waals surface area contributed by atoms with Crippen LogP contribution in [0.1, 0.15) is 6.92 Å². The molecule has 17 heteroatoms. The zero-order chi connectivity index (χ0) is 27.0. The van der Waals surface area contributed by atoms with Crippen molar-refractivity contribution in [3.63, 3.8) is 0 Å². The van der Waals surface area contributed by atoms with Gasteiger partial charge in [-0.1, -0.05) is 42.6 Å². The highest BCUT2D eigenvalue weighted by atomic mass is 32.2. The van der Waals surface area contributed by atoms with Crippen LogP contribution < -0.4 is 4.18 Å². The summed E-state index contributed by atoms with van der Waals surface area (Å²) in [4.78, 5) is 11.6. The summed E-state index contributed by atoms with van der Waals surface area (Å²) in [5.41, 5.74) is -0.829. The number of rotatable bonds is 10. The van der Waals surface area contributed by atoms with Crippen LogP contribution in [0.5, 0.6) is 5.75 Å². The molecule has 0 saturated heterocycles. The predicted octanol–water partition coefficient (Wildman–Crippen LogP) is 4.42. The maximum absolute atomic E-state index is 14.1. The van der Waals surface area contributed by atoms with Gasteiger partial charge in [0.1, 0.15) is 5.44 Å². The Kier molecular flexibility index (Phi) is 7.81. The number of ether oxygens (including phenoxy) is 1. The van der Waals surface area contributed by atoms with E-state index in [2.05, 4.69) is 10.8 Å². The van der Waals surface area contributed by atoms with Gasteiger partial charge in [-0.25, -0.2) is 4.79 Å². The Balaban J connectivity index is 2.52. The van der Waals surface area contributed by atoms with Crippen LogP contribution in [-0.2, 0) is 29.8 Å². The van der Waals surface area contributed by atoms with Gasteiger partial charge < -0.3 is 8.92 Å². The van der Waals surface area contributed by atoms with E-state index in [4.69, 9.17) is 9.29 Å². The van der Waals surface area contributed by atoms with E-state index in [9.17, 15) is 48.0 Å². The molecule has 1 N–H and O–H groups in total. The Morgan fingerprint density at radius 2 is 1.54 bits per heavy atom. The summed E-state index contributed by atoms with van der Waals surface area (Å²) < 4.78 is 145. The number of hydrogen-bond donors (Lipinski definition) is 1. The van der Waals surface area contributed by atoms with Crippen LogP contribution in [0.15, 0.2) is 53.9 Å². The van der Waals surface area contributed by atoms with Gasteiger partial charge in [0.25, 0.3) is 0 Å². The van der Waals surface area contributed by atoms with Crippen molar-refractivity contribution < 1.29 is 61.4 Å². The Morgan fingerprint density at radius 3 is 2.06 bits per heavy atom. The van der Waals surface area contributed by atoms with E-state index in [-0.39, 0.29) is 15.7 Å². The van der Waals surface area contributed by atoms with Crippen molar-refractivity contribution >= 4 is 48.7 Å². The molecule has 2 rings (SSSR count). The molecule has 0 fully saturated rings. The third kappa shape index (κ3) is 5.22. The zero-order valence-corrected chi connectivity index (χ0v) is 19.6. The van der Waals surface area contributed by atoms with Gasteiger partial charge in [-0.2, -0.15) is 43.2 Å². The van der Waals surface area contributed by atoms with Gasteiger partial charge in [-0.3, -0.25) is 4.55 Å². The van der Waals surface area contributed by atoms with Crippen molar-refractivity contribution in [2.45, 2.75) is 33.7 Å². The number of fused-ring (bicyclic) bond motifs is 1. The smallest absolute Gasteiger partial charge is 0.448 e. The fourth-order valence-corrected chi connectivity index (χ4v) is 4.89. The monoisotopic (exact) mass is 568 g/mol. The van der Waals surface area contributed by atoms with E-state index in [1.54, 1.807) is 0 Å². The number of halogens is 6. The highest BCUT2D eigenvalue weighted by Crippen LogP contribution is 2.51. The lowest BCUT2D eigenvalue weighted by molar-refractivity contribution is -0.247. The summed E-state index contributed by atoms with van der Waals surface area (Å²) in [6.07, 6.45) is 0.887. The second-order valence-electron chi connectivity index (χ2n) is 6.55. The van der Waals surface area contributed by atoms with Crippen LogP contribution >= 0.6 is 11.8 Å². The molecule has 0 aromatic heterocycles. The van der Waals surface area contributed by atoms with Gasteiger partial charge in [-0.05, 0) is 24.4 Å². The second-order valence-corrected chi connectivity index (χ2v) is 10.9. The number of thioether (sulfide) groups is 1. The molecular formula is C18H14F6O8S3. The number of benzene rings is 2. The Labute approximate surface area is 198 Å². The van der Waals surface area contributed by atoms with Crippen LogP contribution in [-0.4, -0.2) is 49.2 Å². The second kappa shape index (κ2) is 9.51. The van der Waals surface area contributed by atoms with Crippen molar-refractivity contribution in [2.24, 2.45) is 0 Å². The molecule has 1 unspecified atom stereocenters. The Morgan fingerprint density at radius 1 is 1.00 bits per heavy atom. The normalized spacial score (nSPS) is 14.4. The standard InChI is InChI=1S/C18H14F6O8S3/c1-3-15(25)31-10(2)33-14-9-8-13(11-6-4-5-7-12(11)14)32-35(29,30)18(23,24)16(19,20)17(21,22)34(26,27)28/h3-10H,1H2,2H3,(H,26,27,28). The van der Waals surface area contributed by atoms with Gasteiger partial charge >= 0.3 is 42.6 Å². The predicted molar refractivity (Wildman–Crippen MR) is 111 cm³/mol. The van der Waals surface area contributed by atoms with Crippen LogP contribution in [0.25, 0.3) is 10.8 Å². The van der Waals surface area contributed by atoms with Gasteiger partial charge in [0, 0.05) is 16.4 Å². The molecule has 0 radical (unpaired) electrons. The molecular weight excluding hydrogens is 554 g/mol. The molecule has 0 aliphatic carbocycles. The molecule has 0 aliphatic rings. The van der Waals surface area contributed by atoms with Crippen LogP contribution in [0.4, 0.5) is 26.3 Å². The fourth-order valence-electron chi connectivity index (χ4n) is 2.49. The number of esters is 1. The van der Waals surface area contributed by atoms with Crippen molar-refractivity contribution in [1.29, 1.82) is 0 Å². The first kappa shape index (κ1) is 28.7. The topological polar surface area (TPSA) is 124 Å². The number of carbonyl (C=O) groups is 1. The lowest BCUT2D eigenvalue weighted by Crippen LogP contribution is -2.61. The highest BCUT2D eigenvalue weighted by molar-refractivity contribution is 8.00. The van der Waals surface area contributed by atoms with E-state index in [0.717, 1.165) is 36.0 Å². The summed E-state index contributed by atoms with van der Waals surface area (Å²) >= 11 is 0.902. The lowest BCUT2D eigenvalue weighted by atomic mass is 10.1. The Hall–Kier alpha value is -2.50. The summed E-state index contributed by atoms with van der Waals surface area (Å²) in [7, 11) is -14.2. The first-order valence-electron chi connectivity index (χ1n) is 8.86. The first-order valence-corrected chi connectivity index (χ1v) is 12.6. The zero-order valence-electron chi connectivity index (χ0n) is 17.1. The summed E-state index contributed by atoms with van der Waals surface area (Å²) in [5, 5.41) is -13.9. The van der Waals surface area contributed by atoms with Crippen molar-refractivity contribution in [2.75, 3.05) is 0 Å². The lowest BCUT2D eigenvalue weighted by Gasteiger charge is -2.29. The number of alkyl halides is 6. The molecule has 0 aliphatic heterocycles.